The number of nitrogen functional groups attached to an aromatic ring is 1. The first-order chi connectivity index (χ1) is 9.04. The van der Waals surface area contributed by atoms with Gasteiger partial charge in [-0.3, -0.25) is 4.90 Å². The second-order valence-electron chi connectivity index (χ2n) is 5.82. The molecular formula is C15H24FN3. The highest BCUT2D eigenvalue weighted by molar-refractivity contribution is 5.40. The minimum atomic E-state index is -0.190. The second kappa shape index (κ2) is 6.35. The molecule has 0 bridgehead atoms. The lowest BCUT2D eigenvalue weighted by Gasteiger charge is -2.35. The van der Waals surface area contributed by atoms with Crippen LogP contribution >= 0.6 is 0 Å². The van der Waals surface area contributed by atoms with Gasteiger partial charge in [-0.05, 0) is 18.1 Å². The first-order valence-corrected chi connectivity index (χ1v) is 7.03. The number of piperazine rings is 1. The Kier molecular flexibility index (Phi) is 4.77. The lowest BCUT2D eigenvalue weighted by atomic mass is 10.1. The Balaban J connectivity index is 1.85. The fourth-order valence-electron chi connectivity index (χ4n) is 2.58. The molecule has 1 aliphatic rings. The number of hydrogen-bond acceptors (Lipinski definition) is 3. The van der Waals surface area contributed by atoms with E-state index in [4.69, 9.17) is 5.73 Å². The van der Waals surface area contributed by atoms with Crippen LogP contribution in [-0.2, 0) is 6.54 Å². The van der Waals surface area contributed by atoms with E-state index in [2.05, 4.69) is 23.6 Å². The molecule has 19 heavy (non-hydrogen) atoms. The largest absolute Gasteiger partial charge is 0.399 e. The van der Waals surface area contributed by atoms with E-state index in [-0.39, 0.29) is 5.82 Å². The van der Waals surface area contributed by atoms with Crippen molar-refractivity contribution in [1.29, 1.82) is 0 Å². The number of anilines is 1. The van der Waals surface area contributed by atoms with E-state index >= 15 is 0 Å². The fraction of sp³-hybridized carbons (Fsp3) is 0.600. The molecule has 4 heteroatoms. The van der Waals surface area contributed by atoms with Crippen LogP contribution < -0.4 is 5.73 Å². The molecule has 0 amide bonds. The molecule has 1 saturated heterocycles. The maximum absolute atomic E-state index is 13.7. The van der Waals surface area contributed by atoms with Gasteiger partial charge in [0, 0.05) is 50.5 Å². The van der Waals surface area contributed by atoms with Crippen molar-refractivity contribution in [3.05, 3.63) is 29.6 Å². The minimum absolute atomic E-state index is 0.190. The van der Waals surface area contributed by atoms with Crippen molar-refractivity contribution in [3.63, 3.8) is 0 Å². The van der Waals surface area contributed by atoms with Gasteiger partial charge in [0.15, 0.2) is 0 Å². The number of nitrogens with two attached hydrogens (primary N) is 1. The zero-order valence-electron chi connectivity index (χ0n) is 11.9. The maximum atomic E-state index is 13.7. The van der Waals surface area contributed by atoms with Gasteiger partial charge in [0.2, 0.25) is 0 Å². The molecule has 1 aliphatic heterocycles. The van der Waals surface area contributed by atoms with Crippen molar-refractivity contribution < 1.29 is 4.39 Å². The summed E-state index contributed by atoms with van der Waals surface area (Å²) >= 11 is 0. The highest BCUT2D eigenvalue weighted by Gasteiger charge is 2.18. The Hall–Kier alpha value is -1.13. The van der Waals surface area contributed by atoms with Gasteiger partial charge in [-0.1, -0.05) is 19.9 Å². The molecule has 2 N–H and O–H groups in total. The molecule has 1 heterocycles. The van der Waals surface area contributed by atoms with Gasteiger partial charge in [-0.25, -0.2) is 4.39 Å². The molecule has 0 radical (unpaired) electrons. The summed E-state index contributed by atoms with van der Waals surface area (Å²) in [6.45, 7) is 10.5. The minimum Gasteiger partial charge on any atom is -0.399 e. The van der Waals surface area contributed by atoms with Crippen molar-refractivity contribution in [2.45, 2.75) is 20.4 Å². The quantitative estimate of drug-likeness (QED) is 0.847. The third-order valence-electron chi connectivity index (χ3n) is 3.56. The van der Waals surface area contributed by atoms with Crippen LogP contribution in [0.4, 0.5) is 10.1 Å². The van der Waals surface area contributed by atoms with E-state index in [0.717, 1.165) is 38.3 Å². The van der Waals surface area contributed by atoms with Crippen LogP contribution in [0.5, 0.6) is 0 Å². The molecule has 0 atom stereocenters. The van der Waals surface area contributed by atoms with E-state index in [1.165, 1.54) is 6.07 Å². The molecule has 3 nitrogen and oxygen atoms in total. The van der Waals surface area contributed by atoms with Gasteiger partial charge in [0.25, 0.3) is 0 Å². The number of hydrogen-bond donors (Lipinski definition) is 1. The van der Waals surface area contributed by atoms with Crippen LogP contribution in [0.3, 0.4) is 0 Å². The summed E-state index contributed by atoms with van der Waals surface area (Å²) < 4.78 is 13.7. The Morgan fingerprint density at radius 1 is 1.16 bits per heavy atom. The predicted molar refractivity (Wildman–Crippen MR) is 77.4 cm³/mol. The number of benzene rings is 1. The summed E-state index contributed by atoms with van der Waals surface area (Å²) in [6, 6.07) is 4.98. The molecule has 106 valence electrons. The summed E-state index contributed by atoms with van der Waals surface area (Å²) in [5, 5.41) is 0. The van der Waals surface area contributed by atoms with Crippen LogP contribution in [0.1, 0.15) is 19.4 Å². The normalized spacial score (nSPS) is 18.1. The van der Waals surface area contributed by atoms with Crippen LogP contribution in [0, 0.1) is 11.7 Å². The van der Waals surface area contributed by atoms with E-state index in [9.17, 15) is 4.39 Å². The fourth-order valence-corrected chi connectivity index (χ4v) is 2.58. The van der Waals surface area contributed by atoms with Crippen LogP contribution in [-0.4, -0.2) is 42.5 Å². The second-order valence-corrected chi connectivity index (χ2v) is 5.82. The molecule has 1 aromatic rings. The summed E-state index contributed by atoms with van der Waals surface area (Å²) in [7, 11) is 0. The summed E-state index contributed by atoms with van der Waals surface area (Å²) in [5.41, 5.74) is 6.80. The van der Waals surface area contributed by atoms with Gasteiger partial charge >= 0.3 is 0 Å². The number of nitrogens with zero attached hydrogens (tertiary/aromatic N) is 2. The average molecular weight is 265 g/mol. The van der Waals surface area contributed by atoms with Crippen LogP contribution in [0.25, 0.3) is 0 Å². The van der Waals surface area contributed by atoms with Crippen molar-refractivity contribution in [2.24, 2.45) is 5.92 Å². The average Bonchev–Trinajstić information content (AvgIpc) is 2.34. The third kappa shape index (κ3) is 4.18. The Morgan fingerprint density at radius 2 is 1.79 bits per heavy atom. The van der Waals surface area contributed by atoms with Gasteiger partial charge in [-0.2, -0.15) is 0 Å². The molecule has 0 saturated carbocycles. The van der Waals surface area contributed by atoms with Gasteiger partial charge in [0.1, 0.15) is 5.82 Å². The molecule has 2 rings (SSSR count). The Bertz CT molecular complexity index is 412. The zero-order valence-corrected chi connectivity index (χ0v) is 11.9. The van der Waals surface area contributed by atoms with Gasteiger partial charge in [0.05, 0.1) is 0 Å². The highest BCUT2D eigenvalue weighted by Crippen LogP contribution is 2.15. The maximum Gasteiger partial charge on any atom is 0.129 e. The SMILES string of the molecule is CC(C)CN1CCN(Cc2ccc(N)cc2F)CC1. The Morgan fingerprint density at radius 3 is 2.37 bits per heavy atom. The molecule has 1 aromatic carbocycles. The number of halogens is 1. The molecule has 0 aromatic heterocycles. The molecule has 1 fully saturated rings. The van der Waals surface area contributed by atoms with E-state index in [0.29, 0.717) is 18.2 Å². The standard InChI is InChI=1S/C15H24FN3/c1-12(2)10-18-5-7-19(8-6-18)11-13-3-4-14(17)9-15(13)16/h3-4,9,12H,5-8,10-11,17H2,1-2H3. The van der Waals surface area contributed by atoms with Crippen molar-refractivity contribution in [2.75, 3.05) is 38.5 Å². The first-order valence-electron chi connectivity index (χ1n) is 7.03. The topological polar surface area (TPSA) is 32.5 Å². The summed E-state index contributed by atoms with van der Waals surface area (Å²) in [4.78, 5) is 4.80. The summed E-state index contributed by atoms with van der Waals surface area (Å²) in [6.07, 6.45) is 0. The zero-order chi connectivity index (χ0) is 13.8. The molecule has 0 spiro atoms. The molecular weight excluding hydrogens is 241 g/mol. The van der Waals surface area contributed by atoms with Crippen molar-refractivity contribution >= 4 is 5.69 Å². The lowest BCUT2D eigenvalue weighted by molar-refractivity contribution is 0.116. The van der Waals surface area contributed by atoms with Gasteiger partial charge in [-0.15, -0.1) is 0 Å². The molecule has 0 unspecified atom stereocenters. The Labute approximate surface area is 115 Å². The first kappa shape index (κ1) is 14.3. The third-order valence-corrected chi connectivity index (χ3v) is 3.56. The van der Waals surface area contributed by atoms with E-state index in [1.807, 2.05) is 0 Å². The van der Waals surface area contributed by atoms with E-state index < -0.39 is 0 Å². The van der Waals surface area contributed by atoms with Crippen LogP contribution in [0.2, 0.25) is 0 Å². The van der Waals surface area contributed by atoms with Crippen LogP contribution in [0.15, 0.2) is 18.2 Å². The molecule has 0 aliphatic carbocycles. The smallest absolute Gasteiger partial charge is 0.129 e. The lowest BCUT2D eigenvalue weighted by Crippen LogP contribution is -2.46. The van der Waals surface area contributed by atoms with Crippen molar-refractivity contribution in [1.82, 2.24) is 9.80 Å². The van der Waals surface area contributed by atoms with Gasteiger partial charge < -0.3 is 10.6 Å². The van der Waals surface area contributed by atoms with Crippen molar-refractivity contribution in [3.8, 4) is 0 Å². The highest BCUT2D eigenvalue weighted by atomic mass is 19.1. The number of rotatable bonds is 4. The van der Waals surface area contributed by atoms with E-state index in [1.54, 1.807) is 12.1 Å². The monoisotopic (exact) mass is 265 g/mol. The predicted octanol–water partition coefficient (Wildman–Crippen LogP) is 2.18. The summed E-state index contributed by atoms with van der Waals surface area (Å²) in [5.74, 6) is 0.519.